The second-order valence-electron chi connectivity index (χ2n) is 4.96. The molecule has 0 aliphatic rings. The van der Waals surface area contributed by atoms with Gasteiger partial charge < -0.3 is 10.0 Å². The molecule has 4 heteroatoms. The molecule has 0 aliphatic heterocycles. The van der Waals surface area contributed by atoms with Crippen molar-refractivity contribution in [3.63, 3.8) is 0 Å². The molecule has 0 aromatic heterocycles. The van der Waals surface area contributed by atoms with Crippen LogP contribution >= 0.6 is 0 Å². The number of carboxylic acids is 1. The summed E-state index contributed by atoms with van der Waals surface area (Å²) < 4.78 is 13.2. The van der Waals surface area contributed by atoms with Gasteiger partial charge in [-0.25, -0.2) is 9.18 Å². The van der Waals surface area contributed by atoms with Gasteiger partial charge in [0.25, 0.3) is 0 Å². The maximum absolute atomic E-state index is 13.2. The van der Waals surface area contributed by atoms with Crippen LogP contribution in [0.2, 0.25) is 0 Å². The lowest BCUT2D eigenvalue weighted by Gasteiger charge is -2.30. The van der Waals surface area contributed by atoms with E-state index in [2.05, 4.69) is 6.92 Å². The number of unbranched alkanes of at least 4 members (excludes halogenated alkanes) is 2. The van der Waals surface area contributed by atoms with Gasteiger partial charge in [0.15, 0.2) is 0 Å². The smallest absolute Gasteiger partial charge is 0.337 e. The van der Waals surface area contributed by atoms with Gasteiger partial charge in [-0.15, -0.1) is 0 Å². The molecule has 3 nitrogen and oxygen atoms in total. The number of rotatable bonds is 7. The van der Waals surface area contributed by atoms with Crippen LogP contribution in [0.25, 0.3) is 0 Å². The average molecular weight is 267 g/mol. The molecule has 0 fully saturated rings. The molecule has 0 spiro atoms. The summed E-state index contributed by atoms with van der Waals surface area (Å²) in [5.74, 6) is -1.60. The maximum Gasteiger partial charge on any atom is 0.337 e. The van der Waals surface area contributed by atoms with E-state index in [-0.39, 0.29) is 11.6 Å². The molecule has 1 aromatic carbocycles. The summed E-state index contributed by atoms with van der Waals surface area (Å²) in [4.78, 5) is 13.3. The standard InChI is InChI=1S/C15H22FNO2/c1-4-5-6-9-17(11(2)3)14-8-7-12(16)10-13(14)15(18)19/h7-8,10-11H,4-6,9H2,1-3H3,(H,18,19). The number of benzene rings is 1. The number of halogens is 1. The summed E-state index contributed by atoms with van der Waals surface area (Å²) in [5, 5.41) is 9.20. The lowest BCUT2D eigenvalue weighted by atomic mass is 10.1. The van der Waals surface area contributed by atoms with Crippen molar-refractivity contribution in [2.24, 2.45) is 0 Å². The van der Waals surface area contributed by atoms with E-state index < -0.39 is 11.8 Å². The van der Waals surface area contributed by atoms with Gasteiger partial charge in [0.05, 0.1) is 11.3 Å². The maximum atomic E-state index is 13.2. The fourth-order valence-corrected chi connectivity index (χ4v) is 2.12. The monoisotopic (exact) mass is 267 g/mol. The zero-order valence-corrected chi connectivity index (χ0v) is 11.8. The van der Waals surface area contributed by atoms with Gasteiger partial charge in [0, 0.05) is 12.6 Å². The van der Waals surface area contributed by atoms with Crippen LogP contribution in [-0.2, 0) is 0 Å². The SMILES string of the molecule is CCCCCN(c1ccc(F)cc1C(=O)O)C(C)C. The van der Waals surface area contributed by atoms with Crippen LogP contribution in [0.1, 0.15) is 50.4 Å². The van der Waals surface area contributed by atoms with E-state index in [1.807, 2.05) is 18.7 Å². The highest BCUT2D eigenvalue weighted by Gasteiger charge is 2.18. The lowest BCUT2D eigenvalue weighted by Crippen LogP contribution is -2.33. The molecule has 0 unspecified atom stereocenters. The molecular weight excluding hydrogens is 245 g/mol. The van der Waals surface area contributed by atoms with Crippen LogP contribution in [0.5, 0.6) is 0 Å². The van der Waals surface area contributed by atoms with Crippen LogP contribution < -0.4 is 4.90 Å². The Hall–Kier alpha value is -1.58. The average Bonchev–Trinajstić information content (AvgIpc) is 2.35. The minimum absolute atomic E-state index is 0.0326. The van der Waals surface area contributed by atoms with Crippen molar-refractivity contribution >= 4 is 11.7 Å². The summed E-state index contributed by atoms with van der Waals surface area (Å²) in [6, 6.07) is 4.15. The van der Waals surface area contributed by atoms with E-state index >= 15 is 0 Å². The van der Waals surface area contributed by atoms with Crippen LogP contribution in [0.4, 0.5) is 10.1 Å². The molecule has 1 rings (SSSR count). The molecule has 0 heterocycles. The molecule has 0 saturated heterocycles. The van der Waals surface area contributed by atoms with Crippen LogP contribution in [0.15, 0.2) is 18.2 Å². The van der Waals surface area contributed by atoms with Crippen molar-refractivity contribution in [2.75, 3.05) is 11.4 Å². The fourth-order valence-electron chi connectivity index (χ4n) is 2.12. The number of carbonyl (C=O) groups is 1. The van der Waals surface area contributed by atoms with Gasteiger partial charge in [-0.3, -0.25) is 0 Å². The summed E-state index contributed by atoms with van der Waals surface area (Å²) >= 11 is 0. The Morgan fingerprint density at radius 1 is 1.37 bits per heavy atom. The largest absolute Gasteiger partial charge is 0.478 e. The third-order valence-corrected chi connectivity index (χ3v) is 3.12. The number of aromatic carboxylic acids is 1. The summed E-state index contributed by atoms with van der Waals surface area (Å²) in [6.45, 7) is 6.94. The predicted molar refractivity (Wildman–Crippen MR) is 75.4 cm³/mol. The van der Waals surface area contributed by atoms with Gasteiger partial charge >= 0.3 is 5.97 Å². The Labute approximate surface area is 114 Å². The Kier molecular flexibility index (Phi) is 5.80. The zero-order chi connectivity index (χ0) is 14.4. The quantitative estimate of drug-likeness (QED) is 0.761. The fraction of sp³-hybridized carbons (Fsp3) is 0.533. The summed E-state index contributed by atoms with van der Waals surface area (Å²) in [7, 11) is 0. The van der Waals surface area contributed by atoms with Crippen molar-refractivity contribution in [3.8, 4) is 0 Å². The second-order valence-corrected chi connectivity index (χ2v) is 4.96. The van der Waals surface area contributed by atoms with Crippen LogP contribution in [-0.4, -0.2) is 23.7 Å². The minimum atomic E-state index is -1.09. The molecule has 0 atom stereocenters. The van der Waals surface area contributed by atoms with Gasteiger partial charge in [0.1, 0.15) is 5.82 Å². The molecule has 0 radical (unpaired) electrons. The number of nitrogens with zero attached hydrogens (tertiary/aromatic N) is 1. The van der Waals surface area contributed by atoms with E-state index in [1.165, 1.54) is 6.07 Å². The summed E-state index contributed by atoms with van der Waals surface area (Å²) in [5.41, 5.74) is 0.630. The van der Waals surface area contributed by atoms with E-state index in [1.54, 1.807) is 6.07 Å². The molecule has 0 aliphatic carbocycles. The molecule has 19 heavy (non-hydrogen) atoms. The van der Waals surface area contributed by atoms with Gasteiger partial charge in [-0.1, -0.05) is 19.8 Å². The molecule has 0 amide bonds. The van der Waals surface area contributed by atoms with Gasteiger partial charge in [-0.2, -0.15) is 0 Å². The molecule has 1 N–H and O–H groups in total. The number of hydrogen-bond donors (Lipinski definition) is 1. The van der Waals surface area contributed by atoms with Gasteiger partial charge in [-0.05, 0) is 38.5 Å². The molecule has 106 valence electrons. The topological polar surface area (TPSA) is 40.5 Å². The van der Waals surface area contributed by atoms with Crippen molar-refractivity contribution in [1.82, 2.24) is 0 Å². The first-order valence-corrected chi connectivity index (χ1v) is 6.76. The Balaban J connectivity index is 3.04. The first-order valence-electron chi connectivity index (χ1n) is 6.76. The highest BCUT2D eigenvalue weighted by atomic mass is 19.1. The minimum Gasteiger partial charge on any atom is -0.478 e. The second kappa shape index (κ2) is 7.12. The third-order valence-electron chi connectivity index (χ3n) is 3.12. The van der Waals surface area contributed by atoms with Gasteiger partial charge in [0.2, 0.25) is 0 Å². The van der Waals surface area contributed by atoms with Crippen molar-refractivity contribution in [2.45, 2.75) is 46.1 Å². The molecule has 0 bridgehead atoms. The first-order chi connectivity index (χ1) is 8.97. The van der Waals surface area contributed by atoms with Crippen molar-refractivity contribution in [1.29, 1.82) is 0 Å². The van der Waals surface area contributed by atoms with Crippen LogP contribution in [0, 0.1) is 5.82 Å². The number of hydrogen-bond acceptors (Lipinski definition) is 2. The van der Waals surface area contributed by atoms with Crippen molar-refractivity contribution in [3.05, 3.63) is 29.6 Å². The Bertz CT molecular complexity index is 432. The normalized spacial score (nSPS) is 10.8. The Morgan fingerprint density at radius 3 is 2.58 bits per heavy atom. The highest BCUT2D eigenvalue weighted by molar-refractivity contribution is 5.94. The van der Waals surface area contributed by atoms with E-state index in [4.69, 9.17) is 0 Å². The first kappa shape index (κ1) is 15.5. The molecule has 1 aromatic rings. The highest BCUT2D eigenvalue weighted by Crippen LogP contribution is 2.24. The van der Waals surface area contributed by atoms with Crippen LogP contribution in [0.3, 0.4) is 0 Å². The predicted octanol–water partition coefficient (Wildman–Crippen LogP) is 3.93. The number of anilines is 1. The van der Waals surface area contributed by atoms with E-state index in [0.29, 0.717) is 5.69 Å². The third kappa shape index (κ3) is 4.23. The zero-order valence-electron chi connectivity index (χ0n) is 11.8. The lowest BCUT2D eigenvalue weighted by molar-refractivity contribution is 0.0697. The van der Waals surface area contributed by atoms with Crippen molar-refractivity contribution < 1.29 is 14.3 Å². The van der Waals surface area contributed by atoms with E-state index in [0.717, 1.165) is 31.9 Å². The van der Waals surface area contributed by atoms with E-state index in [9.17, 15) is 14.3 Å². The Morgan fingerprint density at radius 2 is 2.05 bits per heavy atom. The number of carboxylic acid groups (broad SMARTS) is 1. The molecular formula is C15H22FNO2. The molecule has 0 saturated carbocycles. The summed E-state index contributed by atoms with van der Waals surface area (Å²) in [6.07, 6.45) is 3.22.